The molecule has 0 saturated heterocycles. The van der Waals surface area contributed by atoms with Crippen molar-refractivity contribution in [1.82, 2.24) is 0 Å². The van der Waals surface area contributed by atoms with Crippen molar-refractivity contribution in [1.29, 1.82) is 0 Å². The molecular weight excluding hydrogens is 71.0 g/mol. The van der Waals surface area contributed by atoms with Gasteiger partial charge in [-0.1, -0.05) is 6.08 Å². The first-order chi connectivity index (χ1) is 2.41. The molecule has 0 aromatic rings. The van der Waals surface area contributed by atoms with E-state index >= 15 is 0 Å². The summed E-state index contributed by atoms with van der Waals surface area (Å²) in [5.41, 5.74) is 0. The number of hydrogen-bond acceptors (Lipinski definition) is 1. The molecule has 32 valence electrons. The summed E-state index contributed by atoms with van der Waals surface area (Å²) < 4.78 is 4.57. The van der Waals surface area contributed by atoms with Gasteiger partial charge in [-0.25, -0.2) is 0 Å². The van der Waals surface area contributed by atoms with Crippen LogP contribution in [0.4, 0.5) is 0 Å². The Kier molecular flexibility index (Phi) is 14.4. The Morgan fingerprint density at radius 2 is 2.33 bits per heavy atom. The monoisotopic (exact) mass is 80.1 g/mol. The first-order valence-corrected chi connectivity index (χ1v) is 1.51. The fraction of sp³-hybridized carbons (Fsp3) is 0.500. The molecule has 2 heteroatoms. The van der Waals surface area contributed by atoms with E-state index < -0.39 is 0 Å². The van der Waals surface area contributed by atoms with Crippen LogP contribution in [0.1, 0.15) is 0 Å². The van der Waals surface area contributed by atoms with E-state index in [-0.39, 0.29) is 18.9 Å². The summed E-state index contributed by atoms with van der Waals surface area (Å²) in [6.07, 6.45) is 1.71. The van der Waals surface area contributed by atoms with Crippen LogP contribution in [-0.4, -0.2) is 32.6 Å². The van der Waals surface area contributed by atoms with E-state index in [2.05, 4.69) is 11.3 Å². The minimum absolute atomic E-state index is 0. The first-order valence-electron chi connectivity index (χ1n) is 1.51. The zero-order chi connectivity index (χ0) is 4.12. The van der Waals surface area contributed by atoms with E-state index in [1.807, 2.05) is 0 Å². The van der Waals surface area contributed by atoms with E-state index in [0.29, 0.717) is 6.61 Å². The SMILES string of the molecule is C=CCOC.[LiH]. The van der Waals surface area contributed by atoms with Crippen molar-refractivity contribution < 1.29 is 4.74 Å². The number of rotatable bonds is 2. The normalized spacial score (nSPS) is 6.17. The van der Waals surface area contributed by atoms with Gasteiger partial charge in [-0.3, -0.25) is 0 Å². The maximum absolute atomic E-state index is 4.57. The molecule has 0 spiro atoms. The summed E-state index contributed by atoms with van der Waals surface area (Å²) in [5.74, 6) is 0. The molecule has 0 saturated carbocycles. The Morgan fingerprint density at radius 3 is 2.33 bits per heavy atom. The molecule has 6 heavy (non-hydrogen) atoms. The standard InChI is InChI=1S/C4H8O.Li.H/c1-3-4-5-2;;/h3H,1,4H2,2H3;;. The van der Waals surface area contributed by atoms with Gasteiger partial charge in [0.25, 0.3) is 0 Å². The van der Waals surface area contributed by atoms with Crippen molar-refractivity contribution in [2.45, 2.75) is 0 Å². The summed E-state index contributed by atoms with van der Waals surface area (Å²) in [6, 6.07) is 0. The molecule has 0 N–H and O–H groups in total. The molecule has 0 unspecified atom stereocenters. The van der Waals surface area contributed by atoms with Crippen molar-refractivity contribution in [3.05, 3.63) is 12.7 Å². The molecule has 0 aliphatic heterocycles. The maximum atomic E-state index is 4.57. The third-order valence-corrected chi connectivity index (χ3v) is 0.285. The molecule has 0 rings (SSSR count). The quantitative estimate of drug-likeness (QED) is 0.339. The molecule has 0 aromatic carbocycles. The van der Waals surface area contributed by atoms with Gasteiger partial charge in [0.15, 0.2) is 0 Å². The molecular formula is C4H9LiO. The van der Waals surface area contributed by atoms with Crippen molar-refractivity contribution >= 4 is 18.9 Å². The van der Waals surface area contributed by atoms with Gasteiger partial charge in [0, 0.05) is 7.11 Å². The van der Waals surface area contributed by atoms with Crippen LogP contribution in [0.2, 0.25) is 0 Å². The predicted molar refractivity (Wildman–Crippen MR) is 29.2 cm³/mol. The third-order valence-electron chi connectivity index (χ3n) is 0.285. The summed E-state index contributed by atoms with van der Waals surface area (Å²) in [4.78, 5) is 0. The Bertz CT molecular complexity index is 28.7. The minimum atomic E-state index is 0. The Labute approximate surface area is 50.6 Å². The van der Waals surface area contributed by atoms with Gasteiger partial charge in [0.2, 0.25) is 0 Å². The van der Waals surface area contributed by atoms with E-state index in [1.165, 1.54) is 0 Å². The molecule has 0 aliphatic carbocycles. The van der Waals surface area contributed by atoms with E-state index in [0.717, 1.165) is 0 Å². The van der Waals surface area contributed by atoms with Gasteiger partial charge in [-0.05, 0) is 0 Å². The summed E-state index contributed by atoms with van der Waals surface area (Å²) in [5, 5.41) is 0. The Morgan fingerprint density at radius 1 is 1.83 bits per heavy atom. The molecule has 0 amide bonds. The van der Waals surface area contributed by atoms with Gasteiger partial charge < -0.3 is 4.74 Å². The van der Waals surface area contributed by atoms with E-state index in [4.69, 9.17) is 0 Å². The number of ether oxygens (including phenoxy) is 1. The van der Waals surface area contributed by atoms with Crippen LogP contribution in [-0.2, 0) is 4.74 Å². The first kappa shape index (κ1) is 9.57. The van der Waals surface area contributed by atoms with Crippen LogP contribution >= 0.6 is 0 Å². The van der Waals surface area contributed by atoms with Crippen LogP contribution in [0.15, 0.2) is 12.7 Å². The summed E-state index contributed by atoms with van der Waals surface area (Å²) >= 11 is 0. The fourth-order valence-electron chi connectivity index (χ4n) is 0.118. The number of hydrogen-bond donors (Lipinski definition) is 0. The van der Waals surface area contributed by atoms with E-state index in [9.17, 15) is 0 Å². The molecule has 0 atom stereocenters. The second-order valence-corrected chi connectivity index (χ2v) is 0.744. The fourth-order valence-corrected chi connectivity index (χ4v) is 0.118. The zero-order valence-corrected chi connectivity index (χ0v) is 3.40. The zero-order valence-electron chi connectivity index (χ0n) is 3.40. The average Bonchev–Trinajstić information content (AvgIpc) is 1.41. The molecule has 1 nitrogen and oxygen atoms in total. The van der Waals surface area contributed by atoms with Gasteiger partial charge >= 0.3 is 18.9 Å². The molecule has 0 aliphatic rings. The number of methoxy groups -OCH3 is 1. The molecule has 0 aromatic heterocycles. The van der Waals surface area contributed by atoms with Crippen LogP contribution in [0.3, 0.4) is 0 Å². The van der Waals surface area contributed by atoms with Crippen LogP contribution in [0.5, 0.6) is 0 Å². The van der Waals surface area contributed by atoms with Crippen molar-refractivity contribution in [2.75, 3.05) is 13.7 Å². The molecule has 0 heterocycles. The van der Waals surface area contributed by atoms with Gasteiger partial charge in [-0.15, -0.1) is 6.58 Å². The topological polar surface area (TPSA) is 9.23 Å². The Hall–Kier alpha value is 0.297. The van der Waals surface area contributed by atoms with Gasteiger partial charge in [0.05, 0.1) is 6.61 Å². The summed E-state index contributed by atoms with van der Waals surface area (Å²) in [7, 11) is 1.64. The molecule has 0 fully saturated rings. The van der Waals surface area contributed by atoms with Crippen molar-refractivity contribution in [3.63, 3.8) is 0 Å². The second kappa shape index (κ2) is 9.00. The molecule has 0 radical (unpaired) electrons. The second-order valence-electron chi connectivity index (χ2n) is 0.744. The Balaban J connectivity index is 0. The van der Waals surface area contributed by atoms with Crippen LogP contribution in [0.25, 0.3) is 0 Å². The molecule has 0 bridgehead atoms. The third kappa shape index (κ3) is 8.85. The predicted octanol–water partition coefficient (Wildman–Crippen LogP) is 0.170. The van der Waals surface area contributed by atoms with E-state index in [1.54, 1.807) is 13.2 Å². The van der Waals surface area contributed by atoms with Gasteiger partial charge in [0.1, 0.15) is 0 Å². The van der Waals surface area contributed by atoms with Crippen LogP contribution in [0, 0.1) is 0 Å². The average molecular weight is 80.1 g/mol. The van der Waals surface area contributed by atoms with Crippen molar-refractivity contribution in [2.24, 2.45) is 0 Å². The van der Waals surface area contributed by atoms with Gasteiger partial charge in [-0.2, -0.15) is 0 Å². The summed E-state index contributed by atoms with van der Waals surface area (Å²) in [6.45, 7) is 4.08. The van der Waals surface area contributed by atoms with Crippen molar-refractivity contribution in [3.8, 4) is 0 Å². The van der Waals surface area contributed by atoms with Crippen LogP contribution < -0.4 is 0 Å².